The van der Waals surface area contributed by atoms with Crippen LogP contribution in [0.25, 0.3) is 0 Å². The van der Waals surface area contributed by atoms with Gasteiger partial charge in [-0.3, -0.25) is 14.3 Å². The van der Waals surface area contributed by atoms with Crippen molar-refractivity contribution >= 4 is 15.8 Å². The zero-order valence-corrected chi connectivity index (χ0v) is 14.7. The van der Waals surface area contributed by atoms with Gasteiger partial charge < -0.3 is 9.47 Å². The van der Waals surface area contributed by atoms with E-state index >= 15 is 0 Å². The minimum Gasteiger partial charge on any atom is -0.493 e. The molecule has 9 heteroatoms. The van der Waals surface area contributed by atoms with Crippen LogP contribution in [0.2, 0.25) is 0 Å². The van der Waals surface area contributed by atoms with Gasteiger partial charge in [0.2, 0.25) is 5.75 Å². The molecule has 0 amide bonds. The first kappa shape index (κ1) is 18.7. The molecule has 8 nitrogen and oxygen atoms in total. The molecule has 2 aromatic rings. The number of rotatable bonds is 7. The predicted molar refractivity (Wildman–Crippen MR) is 89.4 cm³/mol. The Hall–Kier alpha value is -2.65. The summed E-state index contributed by atoms with van der Waals surface area (Å²) >= 11 is 0. The molecule has 25 heavy (non-hydrogen) atoms. The first-order chi connectivity index (χ1) is 11.8. The van der Waals surface area contributed by atoms with E-state index in [0.717, 1.165) is 5.56 Å². The fraction of sp³-hybridized carbons (Fsp3) is 0.250. The molecule has 0 atom stereocenters. The molecule has 0 aliphatic rings. The summed E-state index contributed by atoms with van der Waals surface area (Å²) < 4.78 is 39.5. The van der Waals surface area contributed by atoms with E-state index < -0.39 is 27.3 Å². The monoisotopic (exact) mass is 367 g/mol. The van der Waals surface area contributed by atoms with E-state index in [0.29, 0.717) is 0 Å². The number of aryl methyl sites for hydroxylation is 1. The van der Waals surface area contributed by atoms with Gasteiger partial charge in [-0.05, 0) is 31.2 Å². The van der Waals surface area contributed by atoms with Crippen molar-refractivity contribution in [3.63, 3.8) is 0 Å². The number of benzene rings is 2. The van der Waals surface area contributed by atoms with E-state index in [1.54, 1.807) is 12.1 Å². The highest BCUT2D eigenvalue weighted by atomic mass is 32.2. The average molecular weight is 367 g/mol. The van der Waals surface area contributed by atoms with Crippen LogP contribution < -0.4 is 9.47 Å². The maximum atomic E-state index is 12.2. The SMILES string of the molecule is COc1ccc(COS(=O)(=O)c2ccc(C)cc2)c([N+](=O)[O-])c1OC. The Bertz CT molecular complexity index is 876. The van der Waals surface area contributed by atoms with Crippen LogP contribution in [0, 0.1) is 17.0 Å². The average Bonchev–Trinajstić information content (AvgIpc) is 2.59. The summed E-state index contributed by atoms with van der Waals surface area (Å²) in [6.45, 7) is 1.32. The number of hydrogen-bond acceptors (Lipinski definition) is 7. The maximum Gasteiger partial charge on any atom is 0.320 e. The van der Waals surface area contributed by atoms with Crippen LogP contribution in [-0.4, -0.2) is 27.6 Å². The second kappa shape index (κ2) is 7.49. The molecule has 0 radical (unpaired) electrons. The Labute approximate surface area is 145 Å². The van der Waals surface area contributed by atoms with Gasteiger partial charge in [-0.1, -0.05) is 17.7 Å². The normalized spacial score (nSPS) is 11.2. The second-order valence-electron chi connectivity index (χ2n) is 5.10. The Balaban J connectivity index is 2.34. The molecule has 0 saturated heterocycles. The van der Waals surface area contributed by atoms with Gasteiger partial charge >= 0.3 is 5.69 Å². The third-order valence-corrected chi connectivity index (χ3v) is 4.74. The fourth-order valence-electron chi connectivity index (χ4n) is 2.18. The lowest BCUT2D eigenvalue weighted by molar-refractivity contribution is -0.386. The largest absolute Gasteiger partial charge is 0.493 e. The van der Waals surface area contributed by atoms with Crippen molar-refractivity contribution in [2.24, 2.45) is 0 Å². The van der Waals surface area contributed by atoms with Crippen molar-refractivity contribution in [1.29, 1.82) is 0 Å². The lowest BCUT2D eigenvalue weighted by Gasteiger charge is -2.11. The summed E-state index contributed by atoms with van der Waals surface area (Å²) in [6.07, 6.45) is 0. The summed E-state index contributed by atoms with van der Waals surface area (Å²) in [5.41, 5.74) is 0.550. The smallest absolute Gasteiger partial charge is 0.320 e. The summed E-state index contributed by atoms with van der Waals surface area (Å²) in [5, 5.41) is 11.4. The molecule has 134 valence electrons. The Morgan fingerprint density at radius 2 is 1.68 bits per heavy atom. The van der Waals surface area contributed by atoms with Gasteiger partial charge in [-0.15, -0.1) is 0 Å². The molecule has 0 heterocycles. The Morgan fingerprint density at radius 1 is 1.04 bits per heavy atom. The fourth-order valence-corrected chi connectivity index (χ4v) is 3.07. The Morgan fingerprint density at radius 3 is 2.20 bits per heavy atom. The third-order valence-electron chi connectivity index (χ3n) is 3.46. The summed E-state index contributed by atoms with van der Waals surface area (Å²) in [4.78, 5) is 10.7. The number of ether oxygens (including phenoxy) is 2. The Kier molecular flexibility index (Phi) is 5.60. The van der Waals surface area contributed by atoms with E-state index in [1.165, 1.54) is 38.5 Å². The molecule has 0 aromatic heterocycles. The van der Waals surface area contributed by atoms with Crippen molar-refractivity contribution in [3.8, 4) is 11.5 Å². The lowest BCUT2D eigenvalue weighted by Crippen LogP contribution is -2.08. The van der Waals surface area contributed by atoms with Crippen molar-refractivity contribution in [2.45, 2.75) is 18.4 Å². The number of nitrogens with zero attached hydrogens (tertiary/aromatic N) is 1. The molecular formula is C16H17NO7S. The van der Waals surface area contributed by atoms with Gasteiger partial charge in [0.05, 0.1) is 36.2 Å². The van der Waals surface area contributed by atoms with Crippen LogP contribution in [0.15, 0.2) is 41.3 Å². The van der Waals surface area contributed by atoms with E-state index in [1.807, 2.05) is 6.92 Å². The predicted octanol–water partition coefficient (Wildman–Crippen LogP) is 2.83. The molecular weight excluding hydrogens is 350 g/mol. The minimum atomic E-state index is -4.05. The number of nitro groups is 1. The van der Waals surface area contributed by atoms with Gasteiger partial charge in [-0.25, -0.2) is 0 Å². The molecule has 0 N–H and O–H groups in total. The van der Waals surface area contributed by atoms with Crippen molar-refractivity contribution in [3.05, 3.63) is 57.6 Å². The van der Waals surface area contributed by atoms with Gasteiger partial charge in [0.15, 0.2) is 5.75 Å². The van der Waals surface area contributed by atoms with Crippen molar-refractivity contribution < 1.29 is 27.0 Å². The van der Waals surface area contributed by atoms with E-state index in [2.05, 4.69) is 0 Å². The van der Waals surface area contributed by atoms with Gasteiger partial charge in [-0.2, -0.15) is 8.42 Å². The first-order valence-electron chi connectivity index (χ1n) is 7.14. The molecule has 0 aliphatic carbocycles. The summed E-state index contributed by atoms with van der Waals surface area (Å²) in [5.74, 6) is 0.0701. The van der Waals surface area contributed by atoms with Crippen LogP contribution in [0.1, 0.15) is 11.1 Å². The van der Waals surface area contributed by atoms with Crippen LogP contribution >= 0.6 is 0 Å². The molecule has 0 bridgehead atoms. The van der Waals surface area contributed by atoms with Gasteiger partial charge in [0.1, 0.15) is 0 Å². The molecule has 0 unspecified atom stereocenters. The molecule has 2 rings (SSSR count). The third kappa shape index (κ3) is 4.06. The van der Waals surface area contributed by atoms with Gasteiger partial charge in [0.25, 0.3) is 10.1 Å². The van der Waals surface area contributed by atoms with Crippen LogP contribution in [-0.2, 0) is 20.9 Å². The molecule has 0 spiro atoms. The van der Waals surface area contributed by atoms with Crippen LogP contribution in [0.4, 0.5) is 5.69 Å². The quantitative estimate of drug-likeness (QED) is 0.421. The topological polar surface area (TPSA) is 105 Å². The number of methoxy groups -OCH3 is 2. The zero-order valence-electron chi connectivity index (χ0n) is 13.9. The molecule has 0 aliphatic heterocycles. The molecule has 2 aromatic carbocycles. The first-order valence-corrected chi connectivity index (χ1v) is 8.55. The zero-order chi connectivity index (χ0) is 18.6. The summed E-state index contributed by atoms with van der Waals surface area (Å²) in [7, 11) is -1.44. The number of nitro benzene ring substituents is 1. The minimum absolute atomic E-state index is 0.0266. The number of hydrogen-bond donors (Lipinski definition) is 0. The highest BCUT2D eigenvalue weighted by Gasteiger charge is 2.26. The van der Waals surface area contributed by atoms with Crippen molar-refractivity contribution in [1.82, 2.24) is 0 Å². The molecule has 0 saturated carbocycles. The van der Waals surface area contributed by atoms with E-state index in [9.17, 15) is 18.5 Å². The highest BCUT2D eigenvalue weighted by molar-refractivity contribution is 7.86. The molecule has 0 fully saturated rings. The standard InChI is InChI=1S/C16H17NO7S/c1-11-4-7-13(8-5-11)25(20,21)24-10-12-6-9-14(22-2)16(23-3)15(12)17(18)19/h4-9H,10H2,1-3H3. The van der Waals surface area contributed by atoms with E-state index in [4.69, 9.17) is 13.7 Å². The lowest BCUT2D eigenvalue weighted by atomic mass is 10.1. The van der Waals surface area contributed by atoms with Crippen LogP contribution in [0.5, 0.6) is 11.5 Å². The van der Waals surface area contributed by atoms with Crippen molar-refractivity contribution in [2.75, 3.05) is 14.2 Å². The van der Waals surface area contributed by atoms with Gasteiger partial charge in [0, 0.05) is 0 Å². The summed E-state index contributed by atoms with van der Waals surface area (Å²) in [6, 6.07) is 8.90. The van der Waals surface area contributed by atoms with E-state index in [-0.39, 0.29) is 22.0 Å². The highest BCUT2D eigenvalue weighted by Crippen LogP contribution is 2.39. The second-order valence-corrected chi connectivity index (χ2v) is 6.71. The maximum absolute atomic E-state index is 12.2. The van der Waals surface area contributed by atoms with Crippen LogP contribution in [0.3, 0.4) is 0 Å².